The number of hydrogen-bond acceptors (Lipinski definition) is 5. The van der Waals surface area contributed by atoms with Gasteiger partial charge in [-0.05, 0) is 50.7 Å². The molecular weight excluding hydrogens is 417 g/mol. The smallest absolute Gasteiger partial charge is 0.328 e. The first-order valence-corrected chi connectivity index (χ1v) is 9.58. The zero-order valence-electron chi connectivity index (χ0n) is 16.6. The first-order valence-electron chi connectivity index (χ1n) is 9.17. The SMILES string of the molecule is CCCn1cc(CN2C(=S)N(c3ccc(C#N)c(C(F)(F)F)c3)C(=O)C2(C)C)nn1. The maximum absolute atomic E-state index is 13.4. The van der Waals surface area contributed by atoms with Crippen molar-refractivity contribution in [3.63, 3.8) is 0 Å². The highest BCUT2D eigenvalue weighted by Crippen LogP contribution is 2.38. The normalized spacial score (nSPS) is 16.3. The molecule has 0 atom stereocenters. The number of anilines is 1. The van der Waals surface area contributed by atoms with Gasteiger partial charge < -0.3 is 4.90 Å². The predicted molar refractivity (Wildman–Crippen MR) is 106 cm³/mol. The summed E-state index contributed by atoms with van der Waals surface area (Å²) in [5.41, 5.74) is -2.19. The fourth-order valence-electron chi connectivity index (χ4n) is 3.24. The fraction of sp³-hybridized carbons (Fsp3) is 0.421. The van der Waals surface area contributed by atoms with E-state index >= 15 is 0 Å². The van der Waals surface area contributed by atoms with Crippen LogP contribution in [0.3, 0.4) is 0 Å². The van der Waals surface area contributed by atoms with Crippen molar-refractivity contribution in [3.05, 3.63) is 41.2 Å². The number of amides is 1. The number of carbonyl (C=O) groups excluding carboxylic acids is 1. The van der Waals surface area contributed by atoms with Crippen LogP contribution in [0.25, 0.3) is 0 Å². The molecule has 0 N–H and O–H groups in total. The molecule has 0 radical (unpaired) electrons. The van der Waals surface area contributed by atoms with Gasteiger partial charge in [-0.3, -0.25) is 14.4 Å². The molecule has 158 valence electrons. The molecule has 0 unspecified atom stereocenters. The molecule has 2 heterocycles. The average molecular weight is 436 g/mol. The molecule has 30 heavy (non-hydrogen) atoms. The molecule has 1 aliphatic rings. The number of thiocarbonyl (C=S) groups is 1. The van der Waals surface area contributed by atoms with Gasteiger partial charge in [-0.1, -0.05) is 12.1 Å². The minimum Gasteiger partial charge on any atom is -0.328 e. The van der Waals surface area contributed by atoms with Gasteiger partial charge >= 0.3 is 6.18 Å². The Balaban J connectivity index is 1.96. The van der Waals surface area contributed by atoms with Gasteiger partial charge in [0.15, 0.2) is 5.11 Å². The highest BCUT2D eigenvalue weighted by atomic mass is 32.1. The van der Waals surface area contributed by atoms with Crippen molar-refractivity contribution in [2.24, 2.45) is 0 Å². The molecule has 0 saturated carbocycles. The van der Waals surface area contributed by atoms with Crippen LogP contribution in [0.1, 0.15) is 44.0 Å². The molecule has 0 bridgehead atoms. The summed E-state index contributed by atoms with van der Waals surface area (Å²) < 4.78 is 41.8. The minimum absolute atomic E-state index is 0.0402. The molecule has 1 aromatic heterocycles. The average Bonchev–Trinajstić information content (AvgIpc) is 3.18. The number of alkyl halides is 3. The molecule has 7 nitrogen and oxygen atoms in total. The number of hydrogen-bond donors (Lipinski definition) is 0. The highest BCUT2D eigenvalue weighted by molar-refractivity contribution is 7.80. The number of nitriles is 1. The molecule has 2 aromatic rings. The Bertz CT molecular complexity index is 1040. The number of aryl methyl sites for hydroxylation is 1. The molecule has 0 spiro atoms. The second kappa shape index (κ2) is 7.68. The third-order valence-electron chi connectivity index (χ3n) is 4.87. The summed E-state index contributed by atoms with van der Waals surface area (Å²) in [4.78, 5) is 15.8. The zero-order chi connectivity index (χ0) is 22.3. The Kier molecular flexibility index (Phi) is 5.56. The van der Waals surface area contributed by atoms with E-state index in [4.69, 9.17) is 17.5 Å². The molecule has 0 aliphatic carbocycles. The van der Waals surface area contributed by atoms with Crippen LogP contribution in [0.4, 0.5) is 18.9 Å². The summed E-state index contributed by atoms with van der Waals surface area (Å²) in [6, 6.07) is 4.63. The van der Waals surface area contributed by atoms with Gasteiger partial charge in [-0.25, -0.2) is 0 Å². The number of carbonyl (C=O) groups is 1. The van der Waals surface area contributed by atoms with E-state index in [-0.39, 0.29) is 17.3 Å². The van der Waals surface area contributed by atoms with E-state index in [1.54, 1.807) is 29.6 Å². The maximum Gasteiger partial charge on any atom is 0.417 e. The Morgan fingerprint density at radius 1 is 1.30 bits per heavy atom. The summed E-state index contributed by atoms with van der Waals surface area (Å²) >= 11 is 5.45. The Morgan fingerprint density at radius 2 is 2.00 bits per heavy atom. The molecule has 3 rings (SSSR count). The number of rotatable bonds is 5. The lowest BCUT2D eigenvalue weighted by Crippen LogP contribution is -2.43. The topological polar surface area (TPSA) is 78.0 Å². The second-order valence-corrected chi connectivity index (χ2v) is 7.75. The van der Waals surface area contributed by atoms with E-state index in [2.05, 4.69) is 10.3 Å². The van der Waals surface area contributed by atoms with E-state index in [0.717, 1.165) is 23.5 Å². The van der Waals surface area contributed by atoms with Gasteiger partial charge in [0, 0.05) is 6.54 Å². The van der Waals surface area contributed by atoms with E-state index in [1.165, 1.54) is 12.1 Å². The molecular formula is C19H19F3N6OS. The lowest BCUT2D eigenvalue weighted by atomic mass is 10.0. The van der Waals surface area contributed by atoms with Crippen molar-refractivity contribution in [3.8, 4) is 6.07 Å². The van der Waals surface area contributed by atoms with Crippen LogP contribution in [0.15, 0.2) is 24.4 Å². The zero-order valence-corrected chi connectivity index (χ0v) is 17.4. The Labute approximate surface area is 176 Å². The van der Waals surface area contributed by atoms with Gasteiger partial charge in [0.2, 0.25) is 0 Å². The standard InChI is InChI=1S/C19H19F3N6OS/c1-4-7-26-10-13(24-25-26)11-27-17(30)28(16(29)18(27,2)3)14-6-5-12(9-23)15(8-14)19(20,21)22/h5-6,8,10H,4,7,11H2,1-3H3. The maximum atomic E-state index is 13.4. The van der Waals surface area contributed by atoms with Crippen molar-refractivity contribution < 1.29 is 18.0 Å². The highest BCUT2D eigenvalue weighted by Gasteiger charge is 2.50. The molecule has 1 aliphatic heterocycles. The number of benzene rings is 1. The van der Waals surface area contributed by atoms with Crippen LogP contribution < -0.4 is 4.90 Å². The van der Waals surface area contributed by atoms with Crippen LogP contribution in [-0.4, -0.2) is 36.5 Å². The molecule has 1 saturated heterocycles. The summed E-state index contributed by atoms with van der Waals surface area (Å²) in [5.74, 6) is -0.466. The quantitative estimate of drug-likeness (QED) is 0.668. The molecule has 1 aromatic carbocycles. The molecule has 11 heteroatoms. The summed E-state index contributed by atoms with van der Waals surface area (Å²) in [6.45, 7) is 6.17. The van der Waals surface area contributed by atoms with Gasteiger partial charge in [-0.2, -0.15) is 18.4 Å². The van der Waals surface area contributed by atoms with Crippen molar-refractivity contribution in [2.75, 3.05) is 4.90 Å². The lowest BCUT2D eigenvalue weighted by molar-refractivity contribution is -0.137. The largest absolute Gasteiger partial charge is 0.417 e. The van der Waals surface area contributed by atoms with Gasteiger partial charge in [-0.15, -0.1) is 5.10 Å². The second-order valence-electron chi connectivity index (χ2n) is 7.38. The van der Waals surface area contributed by atoms with E-state index in [1.807, 2.05) is 6.92 Å². The molecule has 1 fully saturated rings. The summed E-state index contributed by atoms with van der Waals surface area (Å²) in [5, 5.41) is 17.2. The number of nitrogens with zero attached hydrogens (tertiary/aromatic N) is 6. The number of halogens is 3. The first kappa shape index (κ1) is 21.7. The minimum atomic E-state index is -4.74. The van der Waals surface area contributed by atoms with Gasteiger partial charge in [0.25, 0.3) is 5.91 Å². The number of aromatic nitrogens is 3. The lowest BCUT2D eigenvalue weighted by Gasteiger charge is -2.28. The molecule has 1 amide bonds. The predicted octanol–water partition coefficient (Wildman–Crippen LogP) is 3.49. The van der Waals surface area contributed by atoms with Crippen LogP contribution in [0, 0.1) is 11.3 Å². The summed E-state index contributed by atoms with van der Waals surface area (Å²) in [6.07, 6.45) is -2.11. The van der Waals surface area contributed by atoms with E-state index in [9.17, 15) is 18.0 Å². The van der Waals surface area contributed by atoms with Crippen LogP contribution in [-0.2, 0) is 24.1 Å². The first-order chi connectivity index (χ1) is 14.0. The Hall–Kier alpha value is -3.00. The summed E-state index contributed by atoms with van der Waals surface area (Å²) in [7, 11) is 0. The fourth-order valence-corrected chi connectivity index (χ4v) is 3.72. The van der Waals surface area contributed by atoms with Crippen molar-refractivity contribution in [2.45, 2.75) is 52.0 Å². The van der Waals surface area contributed by atoms with Crippen molar-refractivity contribution in [1.82, 2.24) is 19.9 Å². The van der Waals surface area contributed by atoms with Crippen LogP contribution >= 0.6 is 12.2 Å². The van der Waals surface area contributed by atoms with Crippen LogP contribution in [0.5, 0.6) is 0 Å². The van der Waals surface area contributed by atoms with E-state index < -0.39 is 28.7 Å². The third kappa shape index (κ3) is 3.75. The van der Waals surface area contributed by atoms with Crippen molar-refractivity contribution >= 4 is 28.9 Å². The third-order valence-corrected chi connectivity index (χ3v) is 5.27. The monoisotopic (exact) mass is 436 g/mol. The van der Waals surface area contributed by atoms with E-state index in [0.29, 0.717) is 12.2 Å². The Morgan fingerprint density at radius 3 is 2.60 bits per heavy atom. The van der Waals surface area contributed by atoms with Gasteiger partial charge in [0.05, 0.1) is 35.6 Å². The van der Waals surface area contributed by atoms with Crippen molar-refractivity contribution in [1.29, 1.82) is 5.26 Å². The van der Waals surface area contributed by atoms with Gasteiger partial charge in [0.1, 0.15) is 11.2 Å². The van der Waals surface area contributed by atoms with Crippen LogP contribution in [0.2, 0.25) is 0 Å².